The number of hydrogen-bond donors (Lipinski definition) is 2. The molecular formula is C21H27N5O2. The first-order chi connectivity index (χ1) is 13.5. The summed E-state index contributed by atoms with van der Waals surface area (Å²) in [5, 5.41) is 3.25. The molecule has 2 amide bonds. The molecule has 0 radical (unpaired) electrons. The van der Waals surface area contributed by atoms with Gasteiger partial charge in [0.05, 0.1) is 12.1 Å². The second-order valence-corrected chi connectivity index (χ2v) is 7.97. The van der Waals surface area contributed by atoms with Crippen molar-refractivity contribution in [2.75, 3.05) is 19.6 Å². The number of fused-ring (bicyclic) bond motifs is 1. The number of rotatable bonds is 4. The molecule has 2 aromatic rings. The van der Waals surface area contributed by atoms with E-state index in [-0.39, 0.29) is 23.8 Å². The van der Waals surface area contributed by atoms with Crippen molar-refractivity contribution in [3.05, 3.63) is 54.1 Å². The van der Waals surface area contributed by atoms with Crippen molar-refractivity contribution in [3.8, 4) is 0 Å². The second kappa shape index (κ2) is 7.39. The van der Waals surface area contributed by atoms with Crippen LogP contribution in [0.15, 0.2) is 42.7 Å². The van der Waals surface area contributed by atoms with Gasteiger partial charge in [0.1, 0.15) is 5.82 Å². The van der Waals surface area contributed by atoms with E-state index in [1.54, 1.807) is 20.0 Å². The van der Waals surface area contributed by atoms with Crippen molar-refractivity contribution in [1.29, 1.82) is 0 Å². The fourth-order valence-electron chi connectivity index (χ4n) is 5.07. The Hall–Kier alpha value is -2.67. The SMILES string of the molecule is CC(=O)N[C@@]12CN(C(C)=O)CC[C@@H]1[C@@H](c1ccccc1)N(Cc1ncc[nH]1)C2. The minimum absolute atomic E-state index is 0.0536. The smallest absolute Gasteiger partial charge is 0.219 e. The summed E-state index contributed by atoms with van der Waals surface area (Å²) in [4.78, 5) is 36.1. The molecule has 3 heterocycles. The molecule has 4 rings (SSSR count). The van der Waals surface area contributed by atoms with Gasteiger partial charge in [-0.15, -0.1) is 0 Å². The lowest BCUT2D eigenvalue weighted by Gasteiger charge is -2.45. The third kappa shape index (κ3) is 3.42. The van der Waals surface area contributed by atoms with Crippen LogP contribution in [0, 0.1) is 5.92 Å². The largest absolute Gasteiger partial charge is 0.348 e. The van der Waals surface area contributed by atoms with E-state index in [1.165, 1.54) is 5.56 Å². The van der Waals surface area contributed by atoms with E-state index < -0.39 is 5.54 Å². The molecule has 1 aromatic heterocycles. The first-order valence-electron chi connectivity index (χ1n) is 9.80. The summed E-state index contributed by atoms with van der Waals surface area (Å²) in [6.07, 6.45) is 4.45. The van der Waals surface area contributed by atoms with Crippen molar-refractivity contribution in [1.82, 2.24) is 25.1 Å². The Morgan fingerprint density at radius 2 is 2.04 bits per heavy atom. The number of aromatic nitrogens is 2. The maximum absolute atomic E-state index is 12.1. The zero-order valence-corrected chi connectivity index (χ0v) is 16.4. The van der Waals surface area contributed by atoms with Crippen LogP contribution in [0.2, 0.25) is 0 Å². The molecule has 0 bridgehead atoms. The summed E-state index contributed by atoms with van der Waals surface area (Å²) in [6, 6.07) is 10.6. The molecule has 7 heteroatoms. The van der Waals surface area contributed by atoms with Crippen LogP contribution < -0.4 is 5.32 Å². The number of benzene rings is 1. The highest BCUT2D eigenvalue weighted by atomic mass is 16.2. The number of nitrogens with one attached hydrogen (secondary N) is 2. The van der Waals surface area contributed by atoms with Gasteiger partial charge in [0, 0.05) is 57.8 Å². The van der Waals surface area contributed by atoms with Gasteiger partial charge in [0.25, 0.3) is 0 Å². The highest BCUT2D eigenvalue weighted by molar-refractivity contribution is 5.76. The average molecular weight is 381 g/mol. The number of imidazole rings is 1. The van der Waals surface area contributed by atoms with E-state index in [0.717, 1.165) is 18.8 Å². The Kier molecular flexibility index (Phi) is 4.93. The van der Waals surface area contributed by atoms with Gasteiger partial charge in [-0.2, -0.15) is 0 Å². The van der Waals surface area contributed by atoms with Crippen LogP contribution in [0.4, 0.5) is 0 Å². The molecule has 3 atom stereocenters. The first-order valence-corrected chi connectivity index (χ1v) is 9.80. The molecule has 28 heavy (non-hydrogen) atoms. The van der Waals surface area contributed by atoms with Crippen molar-refractivity contribution in [3.63, 3.8) is 0 Å². The van der Waals surface area contributed by atoms with Crippen LogP contribution in [0.1, 0.15) is 37.7 Å². The summed E-state index contributed by atoms with van der Waals surface area (Å²) in [5.74, 6) is 1.14. The molecule has 1 aromatic carbocycles. The molecule has 2 aliphatic heterocycles. The topological polar surface area (TPSA) is 81.3 Å². The molecule has 0 unspecified atom stereocenters. The zero-order valence-electron chi connectivity index (χ0n) is 16.4. The first kappa shape index (κ1) is 18.7. The van der Waals surface area contributed by atoms with E-state index in [1.807, 2.05) is 17.2 Å². The maximum Gasteiger partial charge on any atom is 0.219 e. The molecule has 7 nitrogen and oxygen atoms in total. The summed E-state index contributed by atoms with van der Waals surface area (Å²) in [5.41, 5.74) is 0.783. The van der Waals surface area contributed by atoms with Gasteiger partial charge in [-0.3, -0.25) is 14.5 Å². The molecule has 148 valence electrons. The molecule has 0 aliphatic carbocycles. The predicted molar refractivity (Wildman–Crippen MR) is 105 cm³/mol. The van der Waals surface area contributed by atoms with Gasteiger partial charge in [0.2, 0.25) is 11.8 Å². The molecule has 0 saturated carbocycles. The predicted octanol–water partition coefficient (Wildman–Crippen LogP) is 1.71. The standard InChI is InChI=1S/C21H27N5O2/c1-15(27)24-21-13-25(16(2)28)11-8-18(21)20(17-6-4-3-5-7-17)26(14-21)12-19-22-9-10-23-19/h3-7,9-10,18,20H,8,11-14H2,1-2H3,(H,22,23)(H,24,27)/t18-,20-,21-/m1/s1. The van der Waals surface area contributed by atoms with Gasteiger partial charge < -0.3 is 15.2 Å². The van der Waals surface area contributed by atoms with Crippen LogP contribution in [0.25, 0.3) is 0 Å². The van der Waals surface area contributed by atoms with Crippen LogP contribution in [-0.2, 0) is 16.1 Å². The normalized spacial score (nSPS) is 27.4. The highest BCUT2D eigenvalue weighted by Crippen LogP contribution is 2.48. The number of likely N-dealkylation sites (tertiary alicyclic amines) is 2. The van der Waals surface area contributed by atoms with Crippen molar-refractivity contribution in [2.45, 2.75) is 38.4 Å². The number of nitrogens with zero attached hydrogens (tertiary/aromatic N) is 3. The Balaban J connectivity index is 1.73. The quantitative estimate of drug-likeness (QED) is 0.845. The van der Waals surface area contributed by atoms with Gasteiger partial charge >= 0.3 is 0 Å². The lowest BCUT2D eigenvalue weighted by Crippen LogP contribution is -2.64. The van der Waals surface area contributed by atoms with Crippen molar-refractivity contribution < 1.29 is 9.59 Å². The van der Waals surface area contributed by atoms with E-state index in [0.29, 0.717) is 19.6 Å². The lowest BCUT2D eigenvalue weighted by molar-refractivity contribution is -0.134. The summed E-state index contributed by atoms with van der Waals surface area (Å²) < 4.78 is 0. The molecule has 2 N–H and O–H groups in total. The van der Waals surface area contributed by atoms with E-state index in [9.17, 15) is 9.59 Å². The third-order valence-corrected chi connectivity index (χ3v) is 6.07. The summed E-state index contributed by atoms with van der Waals surface area (Å²) >= 11 is 0. The summed E-state index contributed by atoms with van der Waals surface area (Å²) in [7, 11) is 0. The molecule has 2 fully saturated rings. The van der Waals surface area contributed by atoms with Crippen LogP contribution >= 0.6 is 0 Å². The van der Waals surface area contributed by atoms with Crippen molar-refractivity contribution >= 4 is 11.8 Å². The van der Waals surface area contributed by atoms with Crippen molar-refractivity contribution in [2.24, 2.45) is 5.92 Å². The van der Waals surface area contributed by atoms with Crippen LogP contribution in [-0.4, -0.2) is 56.8 Å². The third-order valence-electron chi connectivity index (χ3n) is 6.07. The minimum atomic E-state index is -0.456. The fraction of sp³-hybridized carbons (Fsp3) is 0.476. The molecule has 2 saturated heterocycles. The second-order valence-electron chi connectivity index (χ2n) is 7.97. The number of H-pyrrole nitrogens is 1. The Morgan fingerprint density at radius 1 is 1.25 bits per heavy atom. The molecule has 0 spiro atoms. The van der Waals surface area contributed by atoms with E-state index in [2.05, 4.69) is 44.5 Å². The summed E-state index contributed by atoms with van der Waals surface area (Å²) in [6.45, 7) is 5.78. The number of aromatic amines is 1. The Morgan fingerprint density at radius 3 is 2.68 bits per heavy atom. The fourth-order valence-corrected chi connectivity index (χ4v) is 5.07. The zero-order chi connectivity index (χ0) is 19.7. The van der Waals surface area contributed by atoms with Gasteiger partial charge in [-0.1, -0.05) is 30.3 Å². The van der Waals surface area contributed by atoms with Crippen LogP contribution in [0.5, 0.6) is 0 Å². The lowest BCUT2D eigenvalue weighted by atomic mass is 9.75. The molecular weight excluding hydrogens is 354 g/mol. The monoisotopic (exact) mass is 381 g/mol. The number of piperidine rings is 1. The van der Waals surface area contributed by atoms with Gasteiger partial charge in [-0.25, -0.2) is 4.98 Å². The average Bonchev–Trinajstić information content (AvgIpc) is 3.26. The van der Waals surface area contributed by atoms with Crippen LogP contribution in [0.3, 0.4) is 0 Å². The highest BCUT2D eigenvalue weighted by Gasteiger charge is 2.56. The minimum Gasteiger partial charge on any atom is -0.348 e. The van der Waals surface area contributed by atoms with E-state index in [4.69, 9.17) is 0 Å². The Bertz CT molecular complexity index is 838. The number of hydrogen-bond acceptors (Lipinski definition) is 4. The number of amides is 2. The number of carbonyl (C=O) groups excluding carboxylic acids is 2. The number of carbonyl (C=O) groups is 2. The molecule has 2 aliphatic rings. The Labute approximate surface area is 165 Å². The maximum atomic E-state index is 12.1. The van der Waals surface area contributed by atoms with E-state index >= 15 is 0 Å². The van der Waals surface area contributed by atoms with Gasteiger partial charge in [-0.05, 0) is 12.0 Å². The van der Waals surface area contributed by atoms with Gasteiger partial charge in [0.15, 0.2) is 0 Å².